The molecule has 0 saturated heterocycles. The van der Waals surface area contributed by atoms with Gasteiger partial charge in [0.2, 0.25) is 5.95 Å². The second-order valence-electron chi connectivity index (χ2n) is 15.7. The smallest absolute Gasteiger partial charge is 0.265 e. The molecule has 0 N–H and O–H groups in total. The molecule has 9 aromatic carbocycles. The molecule has 4 aromatic heterocycles. The molecule has 0 atom stereocenters. The lowest BCUT2D eigenvalue weighted by atomic mass is 10.00. The number of hydrogen-bond donors (Lipinski definition) is 0. The van der Waals surface area contributed by atoms with Crippen LogP contribution in [0.2, 0.25) is 0 Å². The van der Waals surface area contributed by atoms with Crippen molar-refractivity contribution in [3.05, 3.63) is 211 Å². The third kappa shape index (κ3) is 4.81. The van der Waals surface area contributed by atoms with Crippen LogP contribution in [0.5, 0.6) is 0 Å². The Morgan fingerprint density at radius 2 is 0.934 bits per heavy atom. The number of benzene rings is 9. The Labute approximate surface area is 348 Å². The summed E-state index contributed by atoms with van der Waals surface area (Å²) < 4.78 is 6.32. The van der Waals surface area contributed by atoms with Gasteiger partial charge in [-0.25, -0.2) is 9.97 Å². The number of para-hydroxylation sites is 5. The normalized spacial score (nSPS) is 12.0. The molecule has 0 aliphatic carbocycles. The van der Waals surface area contributed by atoms with Crippen molar-refractivity contribution in [2.45, 2.75) is 0 Å². The second-order valence-corrected chi connectivity index (χ2v) is 15.7. The van der Waals surface area contributed by atoms with Gasteiger partial charge in [-0.1, -0.05) is 140 Å². The first-order valence-corrected chi connectivity index (χ1v) is 20.6. The van der Waals surface area contributed by atoms with E-state index in [4.69, 9.17) is 9.97 Å². The summed E-state index contributed by atoms with van der Waals surface area (Å²) in [5.74, 6) is 0.502. The van der Waals surface area contributed by atoms with Crippen molar-refractivity contribution in [2.75, 3.05) is 0 Å². The molecule has 0 aliphatic heterocycles. The van der Waals surface area contributed by atoms with Gasteiger partial charge in [-0.15, -0.1) is 0 Å². The highest BCUT2D eigenvalue weighted by Gasteiger charge is 2.24. The van der Waals surface area contributed by atoms with E-state index >= 15 is 4.79 Å². The van der Waals surface area contributed by atoms with Crippen LogP contribution in [0.3, 0.4) is 0 Å². The van der Waals surface area contributed by atoms with E-state index in [1.165, 1.54) is 5.39 Å². The van der Waals surface area contributed by atoms with E-state index < -0.39 is 0 Å². The molecule has 0 unspecified atom stereocenters. The van der Waals surface area contributed by atoms with E-state index in [9.17, 15) is 0 Å². The van der Waals surface area contributed by atoms with Crippen LogP contribution in [0.25, 0.3) is 116 Å². The summed E-state index contributed by atoms with van der Waals surface area (Å²) in [5.41, 5.74) is 9.29. The predicted molar refractivity (Wildman–Crippen MR) is 252 cm³/mol. The van der Waals surface area contributed by atoms with Gasteiger partial charge in [0.1, 0.15) is 0 Å². The molecular weight excluding hydrogens is 747 g/mol. The minimum Gasteiger partial charge on any atom is -0.309 e. The van der Waals surface area contributed by atoms with Crippen molar-refractivity contribution in [2.24, 2.45) is 0 Å². The van der Waals surface area contributed by atoms with Crippen LogP contribution in [-0.2, 0) is 0 Å². The van der Waals surface area contributed by atoms with Gasteiger partial charge in [-0.05, 0) is 76.8 Å². The Bertz CT molecular complexity index is 4010. The molecule has 0 spiro atoms. The van der Waals surface area contributed by atoms with Crippen LogP contribution in [0, 0.1) is 0 Å². The zero-order valence-electron chi connectivity index (χ0n) is 32.7. The molecule has 61 heavy (non-hydrogen) atoms. The first-order valence-electron chi connectivity index (χ1n) is 20.6. The number of pyridine rings is 1. The lowest BCUT2D eigenvalue weighted by Gasteiger charge is -2.16. The SMILES string of the molecule is O=c1c2c(ccc3c4c5ccccc5ccc4n(-c4nc(-c5ccc6c(c5)c5ccccc5n6-c5ccccc5)c5ccccc5n4)c32)c2ccccc2n1-c1ccccc1. The Morgan fingerprint density at radius 1 is 0.361 bits per heavy atom. The average Bonchev–Trinajstić information content (AvgIpc) is 3.85. The van der Waals surface area contributed by atoms with E-state index in [0.29, 0.717) is 11.3 Å². The zero-order chi connectivity index (χ0) is 40.2. The fourth-order valence-corrected chi connectivity index (χ4v) is 9.83. The summed E-state index contributed by atoms with van der Waals surface area (Å²) in [6, 6.07) is 69.2. The monoisotopic (exact) mass is 779 g/mol. The zero-order valence-corrected chi connectivity index (χ0v) is 32.7. The summed E-state index contributed by atoms with van der Waals surface area (Å²) in [5, 5.41) is 10.0. The maximum atomic E-state index is 15.4. The Balaban J connectivity index is 1.17. The summed E-state index contributed by atoms with van der Waals surface area (Å²) in [6.07, 6.45) is 0. The number of nitrogens with zero attached hydrogens (tertiary/aromatic N) is 5. The maximum absolute atomic E-state index is 15.4. The average molecular weight is 780 g/mol. The number of hydrogen-bond acceptors (Lipinski definition) is 3. The van der Waals surface area contributed by atoms with E-state index in [0.717, 1.165) is 98.8 Å². The Hall–Kier alpha value is -8.35. The number of aromatic nitrogens is 5. The standard InChI is InChI=1S/C55H33N5O/c61-54-51-41(39-21-10-14-26-47(39)59(54)37-18-5-2-6-19-37)29-30-43-50-38-20-8-7-15-34(38)27-32-49(50)60(53(43)51)55-56-45-24-12-9-23-42(45)52(57-55)35-28-31-48-44(33-35)40-22-11-13-25-46(40)58(48)36-16-3-1-4-17-36/h1-33H. The topological polar surface area (TPSA) is 57.6 Å². The van der Waals surface area contributed by atoms with Crippen LogP contribution in [-0.4, -0.2) is 23.7 Å². The fourth-order valence-electron chi connectivity index (χ4n) is 9.83. The molecule has 0 amide bonds. The number of fused-ring (bicyclic) bond motifs is 13. The molecule has 6 nitrogen and oxygen atoms in total. The van der Waals surface area contributed by atoms with E-state index in [-0.39, 0.29) is 5.56 Å². The van der Waals surface area contributed by atoms with Crippen molar-refractivity contribution in [1.29, 1.82) is 0 Å². The van der Waals surface area contributed by atoms with Crippen molar-refractivity contribution in [3.8, 4) is 28.6 Å². The highest BCUT2D eigenvalue weighted by Crippen LogP contribution is 2.42. The Morgan fingerprint density at radius 3 is 1.70 bits per heavy atom. The lowest BCUT2D eigenvalue weighted by molar-refractivity contribution is 1.01. The van der Waals surface area contributed by atoms with Gasteiger partial charge in [0.25, 0.3) is 5.56 Å². The van der Waals surface area contributed by atoms with Crippen molar-refractivity contribution in [1.82, 2.24) is 23.7 Å². The summed E-state index contributed by atoms with van der Waals surface area (Å²) >= 11 is 0. The molecule has 0 radical (unpaired) electrons. The maximum Gasteiger partial charge on any atom is 0.265 e. The van der Waals surface area contributed by atoms with E-state index in [2.05, 4.69) is 149 Å². The quantitative estimate of drug-likeness (QED) is 0.167. The molecule has 13 aromatic rings. The molecule has 0 saturated carbocycles. The van der Waals surface area contributed by atoms with Gasteiger partial charge < -0.3 is 4.57 Å². The third-order valence-corrected chi connectivity index (χ3v) is 12.4. The van der Waals surface area contributed by atoms with Crippen molar-refractivity contribution >= 4 is 87.0 Å². The van der Waals surface area contributed by atoms with Gasteiger partial charge in [-0.3, -0.25) is 13.9 Å². The fraction of sp³-hybridized carbons (Fsp3) is 0. The van der Waals surface area contributed by atoms with E-state index in [1.54, 1.807) is 0 Å². The largest absolute Gasteiger partial charge is 0.309 e. The first kappa shape index (κ1) is 33.6. The highest BCUT2D eigenvalue weighted by molar-refractivity contribution is 6.27. The van der Waals surface area contributed by atoms with E-state index in [1.807, 2.05) is 65.2 Å². The van der Waals surface area contributed by atoms with Gasteiger partial charge in [-0.2, -0.15) is 0 Å². The van der Waals surface area contributed by atoms with Crippen LogP contribution in [0.4, 0.5) is 0 Å². The predicted octanol–water partition coefficient (Wildman–Crippen LogP) is 13.1. The molecular formula is C55H33N5O. The van der Waals surface area contributed by atoms with Gasteiger partial charge in [0.15, 0.2) is 0 Å². The van der Waals surface area contributed by atoms with Gasteiger partial charge in [0, 0.05) is 49.3 Å². The molecule has 6 heteroatoms. The minimum atomic E-state index is -0.0971. The first-order chi connectivity index (χ1) is 30.2. The minimum absolute atomic E-state index is 0.0971. The Kier molecular flexibility index (Phi) is 7.06. The van der Waals surface area contributed by atoms with Gasteiger partial charge >= 0.3 is 0 Å². The lowest BCUT2D eigenvalue weighted by Crippen LogP contribution is -2.20. The van der Waals surface area contributed by atoms with Crippen molar-refractivity contribution < 1.29 is 0 Å². The van der Waals surface area contributed by atoms with Crippen LogP contribution < -0.4 is 5.56 Å². The molecule has 0 bridgehead atoms. The second kappa shape index (κ2) is 12.8. The van der Waals surface area contributed by atoms with Crippen LogP contribution in [0.1, 0.15) is 0 Å². The van der Waals surface area contributed by atoms with Crippen LogP contribution in [0.15, 0.2) is 205 Å². The summed E-state index contributed by atoms with van der Waals surface area (Å²) in [6.45, 7) is 0. The molecule has 4 heterocycles. The number of rotatable bonds is 4. The summed E-state index contributed by atoms with van der Waals surface area (Å²) in [7, 11) is 0. The molecule has 0 aliphatic rings. The molecule has 0 fully saturated rings. The molecule has 284 valence electrons. The highest BCUT2D eigenvalue weighted by atomic mass is 16.1. The summed E-state index contributed by atoms with van der Waals surface area (Å²) in [4.78, 5) is 26.3. The van der Waals surface area contributed by atoms with Crippen LogP contribution >= 0.6 is 0 Å². The third-order valence-electron chi connectivity index (χ3n) is 12.4. The van der Waals surface area contributed by atoms with Gasteiger partial charge in [0.05, 0.1) is 44.2 Å². The molecule has 13 rings (SSSR count). The van der Waals surface area contributed by atoms with Crippen molar-refractivity contribution in [3.63, 3.8) is 0 Å².